The van der Waals surface area contributed by atoms with Crippen molar-refractivity contribution in [3.8, 4) is 5.75 Å². The molecule has 148 valence electrons. The van der Waals surface area contributed by atoms with Crippen molar-refractivity contribution in [3.63, 3.8) is 0 Å². The molecule has 0 bridgehead atoms. The molecule has 0 saturated heterocycles. The molecule has 0 aromatic carbocycles. The molecule has 0 aliphatic carbocycles. The van der Waals surface area contributed by atoms with E-state index in [9.17, 15) is 14.4 Å². The zero-order chi connectivity index (χ0) is 20.0. The number of esters is 3. The Morgan fingerprint density at radius 1 is 0.963 bits per heavy atom. The molecule has 27 heavy (non-hydrogen) atoms. The maximum Gasteiger partial charge on any atom is 0.303 e. The molecule has 1 aliphatic heterocycles. The minimum atomic E-state index is -0.479. The number of rotatable bonds is 7. The van der Waals surface area contributed by atoms with Crippen LogP contribution in [0.4, 0.5) is 0 Å². The summed E-state index contributed by atoms with van der Waals surface area (Å²) < 4.78 is 26.7. The van der Waals surface area contributed by atoms with Gasteiger partial charge in [-0.15, -0.1) is 0 Å². The number of pyridine rings is 1. The van der Waals surface area contributed by atoms with Gasteiger partial charge in [0.2, 0.25) is 0 Å². The standard InChI is InChI=1S/C18H23NO8/c1-5-17-26-7-14-13(6-23-10(2)20)15(8-24-11(3)21)19-16(18(14)27-17)9-25-12(4)22/h17H,5-9H2,1-4H3. The summed E-state index contributed by atoms with van der Waals surface area (Å²) >= 11 is 0. The highest BCUT2D eigenvalue weighted by Gasteiger charge is 2.29. The number of carbonyl (C=O) groups excluding carboxylic acids is 3. The molecule has 0 radical (unpaired) electrons. The SMILES string of the molecule is CCC1OCc2c(COC(C)=O)c(COC(C)=O)nc(COC(C)=O)c2O1. The highest BCUT2D eigenvalue weighted by Crippen LogP contribution is 2.35. The molecule has 9 heteroatoms. The summed E-state index contributed by atoms with van der Waals surface area (Å²) in [6.07, 6.45) is 0.150. The lowest BCUT2D eigenvalue weighted by Crippen LogP contribution is -2.28. The Bertz CT molecular complexity index is 731. The second-order valence-electron chi connectivity index (χ2n) is 5.90. The molecule has 0 fully saturated rings. The summed E-state index contributed by atoms with van der Waals surface area (Å²) in [4.78, 5) is 38.1. The third-order valence-corrected chi connectivity index (χ3v) is 3.76. The van der Waals surface area contributed by atoms with E-state index in [4.69, 9.17) is 23.7 Å². The fraction of sp³-hybridized carbons (Fsp3) is 0.556. The summed E-state index contributed by atoms with van der Waals surface area (Å²) in [5.74, 6) is -0.971. The van der Waals surface area contributed by atoms with E-state index in [0.717, 1.165) is 0 Å². The van der Waals surface area contributed by atoms with Crippen LogP contribution in [-0.2, 0) is 59.8 Å². The molecule has 1 atom stereocenters. The van der Waals surface area contributed by atoms with Crippen LogP contribution in [0.1, 0.15) is 56.6 Å². The first kappa shape index (κ1) is 20.6. The Labute approximate surface area is 156 Å². The van der Waals surface area contributed by atoms with Gasteiger partial charge in [-0.3, -0.25) is 14.4 Å². The number of carbonyl (C=O) groups is 3. The average molecular weight is 381 g/mol. The molecule has 1 unspecified atom stereocenters. The van der Waals surface area contributed by atoms with Crippen LogP contribution in [0.25, 0.3) is 0 Å². The number of fused-ring (bicyclic) bond motifs is 1. The monoisotopic (exact) mass is 381 g/mol. The Kier molecular flexibility index (Phi) is 7.12. The van der Waals surface area contributed by atoms with Gasteiger partial charge < -0.3 is 23.7 Å². The molecule has 1 aromatic heterocycles. The van der Waals surface area contributed by atoms with Gasteiger partial charge in [0.1, 0.15) is 25.5 Å². The van der Waals surface area contributed by atoms with Crippen LogP contribution in [0.15, 0.2) is 0 Å². The molecular formula is C18H23NO8. The van der Waals surface area contributed by atoms with Crippen molar-refractivity contribution in [2.45, 2.75) is 66.8 Å². The molecule has 2 heterocycles. The van der Waals surface area contributed by atoms with Gasteiger partial charge in [-0.2, -0.15) is 0 Å². The molecular weight excluding hydrogens is 358 g/mol. The highest BCUT2D eigenvalue weighted by molar-refractivity contribution is 5.67. The van der Waals surface area contributed by atoms with Crippen LogP contribution >= 0.6 is 0 Å². The number of nitrogens with zero attached hydrogens (tertiary/aromatic N) is 1. The maximum atomic E-state index is 11.3. The second-order valence-corrected chi connectivity index (χ2v) is 5.90. The van der Waals surface area contributed by atoms with Gasteiger partial charge in [-0.05, 0) is 0 Å². The zero-order valence-electron chi connectivity index (χ0n) is 15.8. The Hall–Kier alpha value is -2.68. The summed E-state index contributed by atoms with van der Waals surface area (Å²) in [7, 11) is 0. The number of aromatic nitrogens is 1. The van der Waals surface area contributed by atoms with Crippen LogP contribution in [0.2, 0.25) is 0 Å². The van der Waals surface area contributed by atoms with E-state index in [1.54, 1.807) is 0 Å². The molecule has 0 saturated carbocycles. The van der Waals surface area contributed by atoms with Gasteiger partial charge in [0, 0.05) is 38.3 Å². The quantitative estimate of drug-likeness (QED) is 0.516. The topological polar surface area (TPSA) is 110 Å². The molecule has 0 spiro atoms. The van der Waals surface area contributed by atoms with Crippen molar-refractivity contribution >= 4 is 17.9 Å². The van der Waals surface area contributed by atoms with Crippen LogP contribution in [0.3, 0.4) is 0 Å². The summed E-state index contributed by atoms with van der Waals surface area (Å²) in [6.45, 7) is 5.68. The van der Waals surface area contributed by atoms with Crippen molar-refractivity contribution < 1.29 is 38.1 Å². The summed E-state index contributed by atoms with van der Waals surface area (Å²) in [5.41, 5.74) is 1.94. The Morgan fingerprint density at radius 3 is 2.07 bits per heavy atom. The fourth-order valence-electron chi connectivity index (χ4n) is 2.50. The minimum absolute atomic E-state index is 0.0708. The lowest BCUT2D eigenvalue weighted by molar-refractivity contribution is -0.144. The predicted octanol–water partition coefficient (Wildman–Crippen LogP) is 1.92. The Morgan fingerprint density at radius 2 is 1.52 bits per heavy atom. The van der Waals surface area contributed by atoms with Crippen molar-refractivity contribution in [1.82, 2.24) is 4.98 Å². The molecule has 9 nitrogen and oxygen atoms in total. The van der Waals surface area contributed by atoms with E-state index in [2.05, 4.69) is 4.98 Å². The first-order valence-corrected chi connectivity index (χ1v) is 8.53. The normalized spacial score (nSPS) is 15.3. The van der Waals surface area contributed by atoms with Gasteiger partial charge in [-0.1, -0.05) is 6.92 Å². The van der Waals surface area contributed by atoms with Crippen LogP contribution in [0, 0.1) is 0 Å². The largest absolute Gasteiger partial charge is 0.463 e. The maximum absolute atomic E-state index is 11.3. The molecule has 1 aliphatic rings. The highest BCUT2D eigenvalue weighted by atomic mass is 16.7. The van der Waals surface area contributed by atoms with Gasteiger partial charge >= 0.3 is 17.9 Å². The van der Waals surface area contributed by atoms with Crippen LogP contribution in [0.5, 0.6) is 5.75 Å². The van der Waals surface area contributed by atoms with Crippen molar-refractivity contribution in [3.05, 3.63) is 22.5 Å². The van der Waals surface area contributed by atoms with Gasteiger partial charge in [0.15, 0.2) is 12.0 Å². The number of hydrogen-bond donors (Lipinski definition) is 0. The third kappa shape index (κ3) is 5.65. The number of ether oxygens (including phenoxy) is 5. The van der Waals surface area contributed by atoms with Gasteiger partial charge in [0.25, 0.3) is 0 Å². The Balaban J connectivity index is 2.48. The third-order valence-electron chi connectivity index (χ3n) is 3.76. The minimum Gasteiger partial charge on any atom is -0.463 e. The lowest BCUT2D eigenvalue weighted by Gasteiger charge is -2.29. The molecule has 0 amide bonds. The molecule has 1 aromatic rings. The fourth-order valence-corrected chi connectivity index (χ4v) is 2.50. The second kappa shape index (κ2) is 9.31. The zero-order valence-corrected chi connectivity index (χ0v) is 15.8. The first-order valence-electron chi connectivity index (χ1n) is 8.53. The van der Waals surface area contributed by atoms with Crippen molar-refractivity contribution in [2.24, 2.45) is 0 Å². The van der Waals surface area contributed by atoms with E-state index >= 15 is 0 Å². The molecule has 0 N–H and O–H groups in total. The van der Waals surface area contributed by atoms with Crippen molar-refractivity contribution in [2.75, 3.05) is 0 Å². The van der Waals surface area contributed by atoms with Gasteiger partial charge in [0.05, 0.1) is 12.3 Å². The van der Waals surface area contributed by atoms with Crippen LogP contribution in [-0.4, -0.2) is 29.2 Å². The van der Waals surface area contributed by atoms with E-state index in [-0.39, 0.29) is 26.4 Å². The summed E-state index contributed by atoms with van der Waals surface area (Å²) in [5, 5.41) is 0. The molecule has 2 rings (SSSR count). The first-order chi connectivity index (χ1) is 12.8. The van der Waals surface area contributed by atoms with E-state index in [1.165, 1.54) is 20.8 Å². The number of hydrogen-bond acceptors (Lipinski definition) is 9. The summed E-state index contributed by atoms with van der Waals surface area (Å²) in [6, 6.07) is 0. The van der Waals surface area contributed by atoms with E-state index in [1.807, 2.05) is 6.92 Å². The average Bonchev–Trinajstić information content (AvgIpc) is 2.62. The van der Waals surface area contributed by atoms with Gasteiger partial charge in [-0.25, -0.2) is 4.98 Å². The smallest absolute Gasteiger partial charge is 0.303 e. The predicted molar refractivity (Wildman–Crippen MR) is 90.1 cm³/mol. The lowest BCUT2D eigenvalue weighted by atomic mass is 10.0. The van der Waals surface area contributed by atoms with E-state index < -0.39 is 24.2 Å². The van der Waals surface area contributed by atoms with E-state index in [0.29, 0.717) is 34.7 Å². The van der Waals surface area contributed by atoms with Crippen molar-refractivity contribution in [1.29, 1.82) is 0 Å². The van der Waals surface area contributed by atoms with Crippen LogP contribution < -0.4 is 4.74 Å².